The number of ether oxygens (including phenoxy) is 1. The van der Waals surface area contributed by atoms with Gasteiger partial charge in [0.05, 0.1) is 13.2 Å². The van der Waals surface area contributed by atoms with Crippen LogP contribution in [0.3, 0.4) is 0 Å². The van der Waals surface area contributed by atoms with Crippen LogP contribution < -0.4 is 5.48 Å². The SMILES string of the molecule is COCCONCc1cc(C(=O)O)sc1C. The molecule has 0 bridgehead atoms. The number of methoxy groups -OCH3 is 1. The summed E-state index contributed by atoms with van der Waals surface area (Å²) in [6.07, 6.45) is 0. The highest BCUT2D eigenvalue weighted by molar-refractivity contribution is 7.14. The standard InChI is InChI=1S/C10H15NO4S/c1-7-8(5-9(16-7)10(12)13)6-11-15-4-3-14-2/h5,11H,3-4,6H2,1-2H3,(H,12,13). The largest absolute Gasteiger partial charge is 0.477 e. The molecule has 0 aliphatic heterocycles. The number of carbonyl (C=O) groups is 1. The minimum absolute atomic E-state index is 0.353. The van der Waals surface area contributed by atoms with Gasteiger partial charge in [-0.15, -0.1) is 11.3 Å². The summed E-state index contributed by atoms with van der Waals surface area (Å²) in [4.78, 5) is 17.1. The first kappa shape index (κ1) is 13.1. The second kappa shape index (κ2) is 6.59. The van der Waals surface area contributed by atoms with E-state index in [1.54, 1.807) is 13.2 Å². The van der Waals surface area contributed by atoms with Crippen LogP contribution in [0.1, 0.15) is 20.1 Å². The Hall–Kier alpha value is -0.950. The third kappa shape index (κ3) is 3.90. The van der Waals surface area contributed by atoms with Crippen molar-refractivity contribution >= 4 is 17.3 Å². The molecule has 0 fully saturated rings. The Balaban J connectivity index is 2.39. The van der Waals surface area contributed by atoms with Crippen molar-refractivity contribution in [2.24, 2.45) is 0 Å². The van der Waals surface area contributed by atoms with Crippen molar-refractivity contribution < 1.29 is 19.5 Å². The molecule has 5 nitrogen and oxygen atoms in total. The van der Waals surface area contributed by atoms with Gasteiger partial charge in [-0.3, -0.25) is 4.84 Å². The van der Waals surface area contributed by atoms with Gasteiger partial charge in [0, 0.05) is 18.5 Å². The maximum Gasteiger partial charge on any atom is 0.345 e. The normalized spacial score (nSPS) is 10.6. The molecule has 16 heavy (non-hydrogen) atoms. The molecule has 0 spiro atoms. The predicted molar refractivity (Wildman–Crippen MR) is 60.7 cm³/mol. The van der Waals surface area contributed by atoms with Gasteiger partial charge in [-0.05, 0) is 18.6 Å². The van der Waals surface area contributed by atoms with Crippen molar-refractivity contribution in [1.82, 2.24) is 5.48 Å². The lowest BCUT2D eigenvalue weighted by atomic mass is 10.2. The molecule has 0 aliphatic rings. The fourth-order valence-electron chi connectivity index (χ4n) is 1.13. The monoisotopic (exact) mass is 245 g/mol. The van der Waals surface area contributed by atoms with Crippen molar-refractivity contribution in [2.45, 2.75) is 13.5 Å². The number of hydrogen-bond acceptors (Lipinski definition) is 5. The third-order valence-corrected chi connectivity index (χ3v) is 3.07. The Morgan fingerprint density at radius 1 is 1.56 bits per heavy atom. The molecule has 1 rings (SSSR count). The van der Waals surface area contributed by atoms with Crippen LogP contribution in [0, 0.1) is 6.92 Å². The second-order valence-electron chi connectivity index (χ2n) is 3.16. The zero-order chi connectivity index (χ0) is 12.0. The Morgan fingerprint density at radius 3 is 2.88 bits per heavy atom. The average Bonchev–Trinajstić information content (AvgIpc) is 2.60. The number of aryl methyl sites for hydroxylation is 1. The second-order valence-corrected chi connectivity index (χ2v) is 4.42. The molecule has 6 heteroatoms. The predicted octanol–water partition coefficient (Wildman–Crippen LogP) is 1.42. The van der Waals surface area contributed by atoms with E-state index in [4.69, 9.17) is 14.7 Å². The Labute approximate surface area is 97.9 Å². The zero-order valence-electron chi connectivity index (χ0n) is 9.28. The van der Waals surface area contributed by atoms with Crippen LogP contribution in [0.25, 0.3) is 0 Å². The first-order chi connectivity index (χ1) is 7.65. The van der Waals surface area contributed by atoms with E-state index in [9.17, 15) is 4.79 Å². The summed E-state index contributed by atoms with van der Waals surface area (Å²) >= 11 is 1.27. The van der Waals surface area contributed by atoms with E-state index in [2.05, 4.69) is 5.48 Å². The Kier molecular flexibility index (Phi) is 5.41. The summed E-state index contributed by atoms with van der Waals surface area (Å²) in [5.41, 5.74) is 3.71. The number of nitrogens with one attached hydrogen (secondary N) is 1. The van der Waals surface area contributed by atoms with Crippen LogP contribution >= 0.6 is 11.3 Å². The average molecular weight is 245 g/mol. The molecule has 1 aromatic heterocycles. The number of carboxylic acids is 1. The lowest BCUT2D eigenvalue weighted by Crippen LogP contribution is -2.17. The highest BCUT2D eigenvalue weighted by atomic mass is 32.1. The van der Waals surface area contributed by atoms with Crippen molar-refractivity contribution in [1.29, 1.82) is 0 Å². The molecule has 90 valence electrons. The number of thiophene rings is 1. The summed E-state index contributed by atoms with van der Waals surface area (Å²) in [5.74, 6) is -0.889. The minimum atomic E-state index is -0.889. The summed E-state index contributed by atoms with van der Waals surface area (Å²) in [7, 11) is 1.60. The highest BCUT2D eigenvalue weighted by Crippen LogP contribution is 2.21. The number of hydrogen-bond donors (Lipinski definition) is 2. The quantitative estimate of drug-likeness (QED) is 0.561. The van der Waals surface area contributed by atoms with Gasteiger partial charge < -0.3 is 9.84 Å². The van der Waals surface area contributed by atoms with Gasteiger partial charge >= 0.3 is 5.97 Å². The van der Waals surface area contributed by atoms with Crippen LogP contribution in [-0.2, 0) is 16.1 Å². The summed E-state index contributed by atoms with van der Waals surface area (Å²) in [6.45, 7) is 3.38. The van der Waals surface area contributed by atoms with E-state index in [0.717, 1.165) is 10.4 Å². The molecule has 0 saturated heterocycles. The Bertz CT molecular complexity index is 351. The van der Waals surface area contributed by atoms with E-state index in [0.29, 0.717) is 24.6 Å². The maximum atomic E-state index is 10.7. The molecule has 0 aliphatic carbocycles. The van der Waals surface area contributed by atoms with Crippen LogP contribution in [0.2, 0.25) is 0 Å². The van der Waals surface area contributed by atoms with Gasteiger partial charge in [-0.25, -0.2) is 4.79 Å². The van der Waals surface area contributed by atoms with Crippen molar-refractivity contribution in [3.63, 3.8) is 0 Å². The number of carboxylic acid groups (broad SMARTS) is 1. The molecular weight excluding hydrogens is 230 g/mol. The summed E-state index contributed by atoms with van der Waals surface area (Å²) < 4.78 is 4.81. The van der Waals surface area contributed by atoms with Crippen molar-refractivity contribution in [3.8, 4) is 0 Å². The van der Waals surface area contributed by atoms with E-state index < -0.39 is 5.97 Å². The topological polar surface area (TPSA) is 67.8 Å². The number of hydroxylamine groups is 1. The van der Waals surface area contributed by atoms with Gasteiger partial charge in [0.1, 0.15) is 4.88 Å². The molecule has 1 aromatic rings. The molecule has 0 aromatic carbocycles. The van der Waals surface area contributed by atoms with Crippen molar-refractivity contribution in [3.05, 3.63) is 21.4 Å². The highest BCUT2D eigenvalue weighted by Gasteiger charge is 2.10. The van der Waals surface area contributed by atoms with Crippen LogP contribution in [0.4, 0.5) is 0 Å². The molecule has 0 radical (unpaired) electrons. The smallest absolute Gasteiger partial charge is 0.345 e. The van der Waals surface area contributed by atoms with Gasteiger partial charge in [0.2, 0.25) is 0 Å². The van der Waals surface area contributed by atoms with Gasteiger partial charge in [0.25, 0.3) is 0 Å². The van der Waals surface area contributed by atoms with E-state index in [-0.39, 0.29) is 0 Å². The van der Waals surface area contributed by atoms with Crippen LogP contribution in [0.5, 0.6) is 0 Å². The van der Waals surface area contributed by atoms with Crippen LogP contribution in [0.15, 0.2) is 6.07 Å². The molecule has 0 amide bonds. The lowest BCUT2D eigenvalue weighted by Gasteiger charge is -2.04. The van der Waals surface area contributed by atoms with E-state index >= 15 is 0 Å². The van der Waals surface area contributed by atoms with Crippen LogP contribution in [-0.4, -0.2) is 31.4 Å². The molecule has 0 atom stereocenters. The summed E-state index contributed by atoms with van der Waals surface area (Å²) in [6, 6.07) is 1.66. The zero-order valence-corrected chi connectivity index (χ0v) is 10.1. The van der Waals surface area contributed by atoms with E-state index in [1.165, 1.54) is 11.3 Å². The maximum absolute atomic E-state index is 10.7. The van der Waals surface area contributed by atoms with Crippen molar-refractivity contribution in [2.75, 3.05) is 20.3 Å². The molecule has 0 saturated carbocycles. The molecule has 0 unspecified atom stereocenters. The Morgan fingerprint density at radius 2 is 2.31 bits per heavy atom. The first-order valence-corrected chi connectivity index (χ1v) is 5.63. The summed E-state index contributed by atoms with van der Waals surface area (Å²) in [5, 5.41) is 8.81. The fourth-order valence-corrected chi connectivity index (χ4v) is 2.01. The fraction of sp³-hybridized carbons (Fsp3) is 0.500. The lowest BCUT2D eigenvalue weighted by molar-refractivity contribution is 0.00344. The van der Waals surface area contributed by atoms with Gasteiger partial charge in [-0.1, -0.05) is 0 Å². The minimum Gasteiger partial charge on any atom is -0.477 e. The number of aromatic carboxylic acids is 1. The third-order valence-electron chi connectivity index (χ3n) is 1.99. The first-order valence-electron chi connectivity index (χ1n) is 4.81. The molecule has 1 heterocycles. The van der Waals surface area contributed by atoms with Gasteiger partial charge in [-0.2, -0.15) is 5.48 Å². The molecular formula is C10H15NO4S. The van der Waals surface area contributed by atoms with E-state index in [1.807, 2.05) is 6.92 Å². The molecule has 2 N–H and O–H groups in total. The number of rotatable bonds is 7. The van der Waals surface area contributed by atoms with Gasteiger partial charge in [0.15, 0.2) is 0 Å².